The average molecular weight is 575 g/mol. The summed E-state index contributed by atoms with van der Waals surface area (Å²) >= 11 is 7.48. The van der Waals surface area contributed by atoms with E-state index in [9.17, 15) is 18.8 Å². The van der Waals surface area contributed by atoms with Crippen LogP contribution in [0, 0.1) is 5.82 Å². The van der Waals surface area contributed by atoms with Gasteiger partial charge in [-0.05, 0) is 60.7 Å². The van der Waals surface area contributed by atoms with Crippen LogP contribution >= 0.6 is 23.4 Å². The molecule has 0 aliphatic carbocycles. The second-order valence-corrected chi connectivity index (χ2v) is 9.90. The van der Waals surface area contributed by atoms with Gasteiger partial charge in [0, 0.05) is 27.3 Å². The Kier molecular flexibility index (Phi) is 9.72. The molecule has 0 fully saturated rings. The Morgan fingerprint density at radius 3 is 2.38 bits per heavy atom. The molecule has 2 amide bonds. The number of benzene rings is 4. The number of ether oxygens (including phenoxy) is 1. The van der Waals surface area contributed by atoms with Gasteiger partial charge in [-0.3, -0.25) is 14.4 Å². The maximum atomic E-state index is 14.5. The van der Waals surface area contributed by atoms with Crippen LogP contribution in [0.15, 0.2) is 108 Å². The summed E-state index contributed by atoms with van der Waals surface area (Å²) in [5, 5.41) is 5.38. The molecule has 40 heavy (non-hydrogen) atoms. The molecule has 0 aliphatic heterocycles. The molecule has 0 unspecified atom stereocenters. The molecule has 0 aliphatic rings. The Hall–Kier alpha value is -4.40. The van der Waals surface area contributed by atoms with E-state index in [-0.39, 0.29) is 27.8 Å². The number of nitrogens with one attached hydrogen (secondary N) is 2. The summed E-state index contributed by atoms with van der Waals surface area (Å²) in [4.78, 5) is 39.5. The van der Waals surface area contributed by atoms with Gasteiger partial charge in [0.2, 0.25) is 0 Å². The van der Waals surface area contributed by atoms with E-state index in [1.54, 1.807) is 72.8 Å². The number of hydrogen-bond acceptors (Lipinski definition) is 5. The number of anilines is 1. The summed E-state index contributed by atoms with van der Waals surface area (Å²) in [7, 11) is 1.54. The summed E-state index contributed by atoms with van der Waals surface area (Å²) in [6.07, 6.45) is 1.19. The Morgan fingerprint density at radius 1 is 0.900 bits per heavy atom. The third kappa shape index (κ3) is 7.59. The molecule has 0 atom stereocenters. The van der Waals surface area contributed by atoms with Crippen molar-refractivity contribution < 1.29 is 23.5 Å². The van der Waals surface area contributed by atoms with Crippen molar-refractivity contribution in [1.29, 1.82) is 0 Å². The van der Waals surface area contributed by atoms with Crippen LogP contribution in [0.5, 0.6) is 5.75 Å². The topological polar surface area (TPSA) is 84.5 Å². The van der Waals surface area contributed by atoms with Crippen LogP contribution in [0.25, 0.3) is 6.08 Å². The first-order valence-corrected chi connectivity index (χ1v) is 13.4. The van der Waals surface area contributed by atoms with Crippen molar-refractivity contribution in [2.75, 3.05) is 18.2 Å². The SMILES string of the molecule is COc1cccc(C(=O)CSc2cccc(NC(=O)/C(=C/c3c(F)cccc3Cl)NC(=O)c3ccccc3)c2)c1. The average Bonchev–Trinajstić information content (AvgIpc) is 2.97. The number of methoxy groups -OCH3 is 1. The zero-order valence-electron chi connectivity index (χ0n) is 21.3. The minimum absolute atomic E-state index is 0.0389. The van der Waals surface area contributed by atoms with E-state index in [1.165, 1.54) is 43.1 Å². The molecule has 4 rings (SSSR count). The first-order valence-electron chi connectivity index (χ1n) is 12.1. The van der Waals surface area contributed by atoms with Gasteiger partial charge in [-0.25, -0.2) is 4.39 Å². The number of carbonyl (C=O) groups is 3. The predicted molar refractivity (Wildman–Crippen MR) is 156 cm³/mol. The number of amides is 2. The Labute approximate surface area is 240 Å². The van der Waals surface area contributed by atoms with E-state index in [4.69, 9.17) is 16.3 Å². The largest absolute Gasteiger partial charge is 0.497 e. The second kappa shape index (κ2) is 13.6. The van der Waals surface area contributed by atoms with Gasteiger partial charge in [-0.15, -0.1) is 11.8 Å². The third-order valence-corrected chi connectivity index (χ3v) is 6.99. The zero-order chi connectivity index (χ0) is 28.5. The molecule has 0 heterocycles. The van der Waals surface area contributed by atoms with Crippen LogP contribution in [-0.2, 0) is 4.79 Å². The summed E-state index contributed by atoms with van der Waals surface area (Å²) < 4.78 is 19.7. The van der Waals surface area contributed by atoms with Gasteiger partial charge < -0.3 is 15.4 Å². The fourth-order valence-corrected chi connectivity index (χ4v) is 4.69. The number of halogens is 2. The Morgan fingerprint density at radius 2 is 1.62 bits per heavy atom. The standard InChI is InChI=1S/C31H24ClFN2O4S/c1-39-23-12-5-10-21(16-23)29(36)19-40-24-13-6-11-22(17-24)34-31(38)28(18-25-26(32)14-7-15-27(25)33)35-30(37)20-8-3-2-4-9-20/h2-18H,19H2,1H3,(H,34,38)(H,35,37)/b28-18-. The predicted octanol–water partition coefficient (Wildman–Crippen LogP) is 6.87. The van der Waals surface area contributed by atoms with Crippen molar-refractivity contribution >= 4 is 52.7 Å². The van der Waals surface area contributed by atoms with Crippen molar-refractivity contribution in [3.8, 4) is 5.75 Å². The number of Topliss-reactive ketones (excluding diaryl/α,β-unsaturated/α-hetero) is 1. The van der Waals surface area contributed by atoms with Crippen LogP contribution in [0.1, 0.15) is 26.3 Å². The molecule has 0 saturated heterocycles. The van der Waals surface area contributed by atoms with Crippen molar-refractivity contribution in [3.63, 3.8) is 0 Å². The van der Waals surface area contributed by atoms with Crippen LogP contribution in [0.2, 0.25) is 5.02 Å². The lowest BCUT2D eigenvalue weighted by Crippen LogP contribution is -2.30. The van der Waals surface area contributed by atoms with Gasteiger partial charge in [0.15, 0.2) is 5.78 Å². The number of ketones is 1. The molecule has 202 valence electrons. The van der Waals surface area contributed by atoms with Crippen LogP contribution in [0.4, 0.5) is 10.1 Å². The quantitative estimate of drug-likeness (QED) is 0.123. The van der Waals surface area contributed by atoms with Crippen molar-refractivity contribution in [3.05, 3.63) is 130 Å². The van der Waals surface area contributed by atoms with Gasteiger partial charge in [0.25, 0.3) is 11.8 Å². The first-order chi connectivity index (χ1) is 19.3. The van der Waals surface area contributed by atoms with E-state index >= 15 is 0 Å². The molecular weight excluding hydrogens is 551 g/mol. The number of thioether (sulfide) groups is 1. The smallest absolute Gasteiger partial charge is 0.272 e. The lowest BCUT2D eigenvalue weighted by molar-refractivity contribution is -0.113. The molecule has 6 nitrogen and oxygen atoms in total. The Bertz CT molecular complexity index is 1560. The summed E-state index contributed by atoms with van der Waals surface area (Å²) in [6, 6.07) is 26.3. The molecule has 0 spiro atoms. The molecule has 0 saturated carbocycles. The molecule has 0 bridgehead atoms. The molecule has 9 heteroatoms. The summed E-state index contributed by atoms with van der Waals surface area (Å²) in [5.74, 6) is -1.18. The fraction of sp³-hybridized carbons (Fsp3) is 0.0645. The highest BCUT2D eigenvalue weighted by molar-refractivity contribution is 8.00. The van der Waals surface area contributed by atoms with Gasteiger partial charge in [-0.2, -0.15) is 0 Å². The Balaban J connectivity index is 1.52. The molecule has 4 aromatic rings. The molecule has 0 aromatic heterocycles. The van der Waals surface area contributed by atoms with Crippen LogP contribution in [0.3, 0.4) is 0 Å². The highest BCUT2D eigenvalue weighted by Gasteiger charge is 2.17. The normalized spacial score (nSPS) is 11.0. The van der Waals surface area contributed by atoms with E-state index in [0.717, 1.165) is 4.90 Å². The van der Waals surface area contributed by atoms with Gasteiger partial charge in [0.1, 0.15) is 17.3 Å². The molecule has 4 aromatic carbocycles. The maximum Gasteiger partial charge on any atom is 0.272 e. The second-order valence-electron chi connectivity index (χ2n) is 8.44. The highest BCUT2D eigenvalue weighted by Crippen LogP contribution is 2.25. The zero-order valence-corrected chi connectivity index (χ0v) is 22.9. The van der Waals surface area contributed by atoms with Crippen LogP contribution < -0.4 is 15.4 Å². The first kappa shape index (κ1) is 28.6. The summed E-state index contributed by atoms with van der Waals surface area (Å²) in [6.45, 7) is 0. The van der Waals surface area contributed by atoms with Crippen molar-refractivity contribution in [1.82, 2.24) is 5.32 Å². The van der Waals surface area contributed by atoms with Gasteiger partial charge in [0.05, 0.1) is 17.9 Å². The monoisotopic (exact) mass is 574 g/mol. The van der Waals surface area contributed by atoms with Gasteiger partial charge >= 0.3 is 0 Å². The lowest BCUT2D eigenvalue weighted by Gasteiger charge is -2.13. The number of carbonyl (C=O) groups excluding carboxylic acids is 3. The minimum atomic E-state index is -0.682. The number of rotatable bonds is 10. The maximum absolute atomic E-state index is 14.5. The van der Waals surface area contributed by atoms with E-state index in [1.807, 2.05) is 6.07 Å². The minimum Gasteiger partial charge on any atom is -0.497 e. The van der Waals surface area contributed by atoms with Crippen molar-refractivity contribution in [2.45, 2.75) is 4.90 Å². The lowest BCUT2D eigenvalue weighted by atomic mass is 10.1. The fourth-order valence-electron chi connectivity index (χ4n) is 3.63. The van der Waals surface area contributed by atoms with E-state index < -0.39 is 17.6 Å². The molecule has 2 N–H and O–H groups in total. The number of hydrogen-bond donors (Lipinski definition) is 2. The highest BCUT2D eigenvalue weighted by atomic mass is 35.5. The van der Waals surface area contributed by atoms with E-state index in [2.05, 4.69) is 10.6 Å². The van der Waals surface area contributed by atoms with Crippen molar-refractivity contribution in [2.24, 2.45) is 0 Å². The van der Waals surface area contributed by atoms with Crippen LogP contribution in [-0.4, -0.2) is 30.5 Å². The summed E-state index contributed by atoms with van der Waals surface area (Å²) in [5.41, 5.74) is 1.03. The molecule has 0 radical (unpaired) electrons. The molecular formula is C31H24ClFN2O4S. The van der Waals surface area contributed by atoms with Gasteiger partial charge in [-0.1, -0.05) is 54.1 Å². The van der Waals surface area contributed by atoms with E-state index in [0.29, 0.717) is 22.6 Å². The third-order valence-electron chi connectivity index (χ3n) is 5.67.